The van der Waals surface area contributed by atoms with Crippen LogP contribution >= 0.6 is 7.60 Å². The second-order valence-corrected chi connectivity index (χ2v) is 12.6. The van der Waals surface area contributed by atoms with Gasteiger partial charge < -0.3 is 25.0 Å². The molecular formula is C28H49N2O7P. The van der Waals surface area contributed by atoms with Crippen molar-refractivity contribution in [1.82, 2.24) is 10.6 Å². The van der Waals surface area contributed by atoms with Crippen LogP contribution in [-0.4, -0.2) is 48.2 Å². The van der Waals surface area contributed by atoms with Crippen LogP contribution in [0.3, 0.4) is 0 Å². The predicted octanol–water partition coefficient (Wildman–Crippen LogP) is 6.00. The Bertz CT molecular complexity index is 851. The molecule has 2 amide bonds. The van der Waals surface area contributed by atoms with Gasteiger partial charge in [0.1, 0.15) is 12.6 Å². The molecule has 38 heavy (non-hydrogen) atoms. The molecular weight excluding hydrogens is 507 g/mol. The summed E-state index contributed by atoms with van der Waals surface area (Å²) in [5.74, 6) is -0.271. The maximum absolute atomic E-state index is 13.4. The van der Waals surface area contributed by atoms with Gasteiger partial charge >= 0.3 is 13.7 Å². The Morgan fingerprint density at radius 3 is 2.16 bits per heavy atom. The number of aliphatic hydroxyl groups is 1. The third-order valence-electron chi connectivity index (χ3n) is 5.77. The first-order chi connectivity index (χ1) is 18.0. The highest BCUT2D eigenvalue weighted by atomic mass is 31.2. The van der Waals surface area contributed by atoms with Crippen molar-refractivity contribution in [2.24, 2.45) is 11.8 Å². The van der Waals surface area contributed by atoms with E-state index in [2.05, 4.69) is 10.6 Å². The Morgan fingerprint density at radius 2 is 1.58 bits per heavy atom. The second kappa shape index (κ2) is 18.4. The van der Waals surface area contributed by atoms with Crippen molar-refractivity contribution in [3.8, 4) is 0 Å². The van der Waals surface area contributed by atoms with Crippen LogP contribution in [0.4, 0.5) is 4.79 Å². The SMILES string of the molecule is CCCCOP(=O)(CCCC)O[C@H](O)[C@@H](CC(C)C)NC(=O)[C@H](CC(C)C)NC(=O)OCc1ccccc1. The normalized spacial score (nSPS) is 15.5. The first-order valence-corrected chi connectivity index (χ1v) is 15.6. The molecule has 1 aromatic carbocycles. The zero-order valence-electron chi connectivity index (χ0n) is 24.0. The Hall–Kier alpha value is -1.93. The summed E-state index contributed by atoms with van der Waals surface area (Å²) < 4.78 is 29.9. The molecule has 0 aromatic heterocycles. The quantitative estimate of drug-likeness (QED) is 0.108. The zero-order valence-corrected chi connectivity index (χ0v) is 24.9. The smallest absolute Gasteiger partial charge is 0.408 e. The Labute approximate surface area is 228 Å². The van der Waals surface area contributed by atoms with Crippen LogP contribution in [0, 0.1) is 11.8 Å². The van der Waals surface area contributed by atoms with E-state index in [0.717, 1.165) is 24.8 Å². The molecule has 0 spiro atoms. The van der Waals surface area contributed by atoms with Crippen molar-refractivity contribution in [2.45, 2.75) is 105 Å². The number of carbonyl (C=O) groups excluding carboxylic acids is 2. The summed E-state index contributed by atoms with van der Waals surface area (Å²) in [6.07, 6.45) is 1.73. The molecule has 0 aliphatic heterocycles. The molecule has 0 heterocycles. The van der Waals surface area contributed by atoms with E-state index in [9.17, 15) is 19.3 Å². The summed E-state index contributed by atoms with van der Waals surface area (Å²) in [6, 6.07) is 7.53. The van der Waals surface area contributed by atoms with Gasteiger partial charge in [-0.25, -0.2) is 4.79 Å². The van der Waals surface area contributed by atoms with Gasteiger partial charge in [0.05, 0.1) is 18.8 Å². The lowest BCUT2D eigenvalue weighted by Crippen LogP contribution is -2.53. The van der Waals surface area contributed by atoms with Gasteiger partial charge in [-0.15, -0.1) is 0 Å². The fraction of sp³-hybridized carbons (Fsp3) is 0.714. The highest BCUT2D eigenvalue weighted by molar-refractivity contribution is 7.53. The topological polar surface area (TPSA) is 123 Å². The van der Waals surface area contributed by atoms with Crippen LogP contribution in [0.2, 0.25) is 0 Å². The molecule has 0 saturated carbocycles. The predicted molar refractivity (Wildman–Crippen MR) is 150 cm³/mol. The number of benzene rings is 1. The highest BCUT2D eigenvalue weighted by Crippen LogP contribution is 2.50. The third-order valence-corrected chi connectivity index (χ3v) is 7.74. The van der Waals surface area contributed by atoms with E-state index in [1.165, 1.54) is 0 Å². The lowest BCUT2D eigenvalue weighted by atomic mass is 10.0. The fourth-order valence-electron chi connectivity index (χ4n) is 3.73. The number of alkyl carbamates (subject to hydrolysis) is 1. The molecule has 0 saturated heterocycles. The van der Waals surface area contributed by atoms with Gasteiger partial charge in [0.25, 0.3) is 0 Å². The van der Waals surface area contributed by atoms with Crippen molar-refractivity contribution in [1.29, 1.82) is 0 Å². The van der Waals surface area contributed by atoms with Gasteiger partial charge in [-0.1, -0.05) is 84.7 Å². The molecule has 0 aliphatic carbocycles. The van der Waals surface area contributed by atoms with E-state index in [4.69, 9.17) is 13.8 Å². The first-order valence-electron chi connectivity index (χ1n) is 13.9. The van der Waals surface area contributed by atoms with Crippen molar-refractivity contribution < 1.29 is 33.0 Å². The number of hydrogen-bond donors (Lipinski definition) is 3. The van der Waals surface area contributed by atoms with Crippen LogP contribution in [0.1, 0.15) is 85.6 Å². The summed E-state index contributed by atoms with van der Waals surface area (Å²) in [7, 11) is -3.56. The summed E-state index contributed by atoms with van der Waals surface area (Å²) in [5, 5.41) is 16.4. The molecule has 218 valence electrons. The lowest BCUT2D eigenvalue weighted by molar-refractivity contribution is -0.128. The number of carbonyl (C=O) groups is 2. The molecule has 9 nitrogen and oxygen atoms in total. The van der Waals surface area contributed by atoms with E-state index >= 15 is 0 Å². The zero-order chi connectivity index (χ0) is 28.6. The van der Waals surface area contributed by atoms with Gasteiger partial charge in [-0.05, 0) is 43.1 Å². The average molecular weight is 557 g/mol. The molecule has 0 aliphatic rings. The minimum atomic E-state index is -3.56. The van der Waals surface area contributed by atoms with Crippen LogP contribution in [0.15, 0.2) is 30.3 Å². The average Bonchev–Trinajstić information content (AvgIpc) is 2.85. The number of unbranched alkanes of at least 4 members (excludes halogenated alkanes) is 2. The fourth-order valence-corrected chi connectivity index (χ4v) is 5.62. The van der Waals surface area contributed by atoms with E-state index in [1.54, 1.807) is 0 Å². The summed E-state index contributed by atoms with van der Waals surface area (Å²) in [4.78, 5) is 25.8. The molecule has 0 bridgehead atoms. The third kappa shape index (κ3) is 14.3. The van der Waals surface area contributed by atoms with Crippen LogP contribution in [-0.2, 0) is 29.8 Å². The van der Waals surface area contributed by atoms with Gasteiger partial charge in [-0.2, -0.15) is 0 Å². The lowest BCUT2D eigenvalue weighted by Gasteiger charge is -2.30. The molecule has 10 heteroatoms. The standard InChI is InChI=1S/C28H49N2O7P/c1-7-9-16-36-38(34,17-10-8-2)37-27(32)25(19-22(5)6)29-26(31)24(18-21(3)4)30-28(33)35-20-23-14-12-11-13-15-23/h11-15,21-22,24-25,27,32H,7-10,16-20H2,1-6H3,(H,29,31)(H,30,33)/t24-,25+,27-,38?/m0/s1. The van der Waals surface area contributed by atoms with Crippen molar-refractivity contribution in [2.75, 3.05) is 12.8 Å². The molecule has 1 rings (SSSR count). The molecule has 1 aromatic rings. The number of rotatable bonds is 19. The minimum absolute atomic E-state index is 0.0797. The largest absolute Gasteiger partial charge is 0.445 e. The second-order valence-electron chi connectivity index (χ2n) is 10.5. The maximum Gasteiger partial charge on any atom is 0.408 e. The number of amides is 2. The van der Waals surface area contributed by atoms with Crippen molar-refractivity contribution in [3.63, 3.8) is 0 Å². The van der Waals surface area contributed by atoms with Gasteiger partial charge in [0, 0.05) is 0 Å². The van der Waals surface area contributed by atoms with E-state index in [-0.39, 0.29) is 31.2 Å². The number of nitrogens with one attached hydrogen (secondary N) is 2. The van der Waals surface area contributed by atoms with Crippen molar-refractivity contribution >= 4 is 19.6 Å². The minimum Gasteiger partial charge on any atom is -0.445 e. The summed E-state index contributed by atoms with van der Waals surface area (Å²) in [6.45, 7) is 12.1. The summed E-state index contributed by atoms with van der Waals surface area (Å²) in [5.41, 5.74) is 0.832. The molecule has 0 radical (unpaired) electrons. The summed E-state index contributed by atoms with van der Waals surface area (Å²) >= 11 is 0. The highest BCUT2D eigenvalue weighted by Gasteiger charge is 2.34. The monoisotopic (exact) mass is 556 g/mol. The van der Waals surface area contributed by atoms with Gasteiger partial charge in [0.2, 0.25) is 5.91 Å². The number of hydrogen-bond acceptors (Lipinski definition) is 7. The van der Waals surface area contributed by atoms with E-state index in [0.29, 0.717) is 19.3 Å². The molecule has 3 N–H and O–H groups in total. The first kappa shape index (κ1) is 34.1. The number of ether oxygens (including phenoxy) is 1. The molecule has 0 fully saturated rings. The Morgan fingerprint density at radius 1 is 0.947 bits per heavy atom. The number of aliphatic hydroxyl groups excluding tert-OH is 1. The van der Waals surface area contributed by atoms with Crippen LogP contribution < -0.4 is 10.6 Å². The van der Waals surface area contributed by atoms with Crippen LogP contribution in [0.5, 0.6) is 0 Å². The Balaban J connectivity index is 2.92. The van der Waals surface area contributed by atoms with Gasteiger partial charge in [0.15, 0.2) is 6.29 Å². The molecule has 4 atom stereocenters. The van der Waals surface area contributed by atoms with E-state index < -0.39 is 38.0 Å². The maximum atomic E-state index is 13.4. The van der Waals surface area contributed by atoms with E-state index in [1.807, 2.05) is 71.9 Å². The van der Waals surface area contributed by atoms with Crippen LogP contribution in [0.25, 0.3) is 0 Å². The van der Waals surface area contributed by atoms with Crippen molar-refractivity contribution in [3.05, 3.63) is 35.9 Å². The van der Waals surface area contributed by atoms with Gasteiger partial charge in [-0.3, -0.25) is 13.9 Å². The Kier molecular flexibility index (Phi) is 16.5. The molecule has 1 unspecified atom stereocenters.